The lowest BCUT2D eigenvalue weighted by molar-refractivity contribution is 0.424. The summed E-state index contributed by atoms with van der Waals surface area (Å²) in [6, 6.07) is 17.3. The maximum atomic E-state index is 13.1. The van der Waals surface area contributed by atoms with Gasteiger partial charge < -0.3 is 4.57 Å². The molecule has 2 heterocycles. The molecule has 0 aliphatic carbocycles. The highest BCUT2D eigenvalue weighted by molar-refractivity contribution is 7.89. The first-order valence-corrected chi connectivity index (χ1v) is 13.3. The Morgan fingerprint density at radius 3 is 2.26 bits per heavy atom. The van der Waals surface area contributed by atoms with Gasteiger partial charge in [-0.3, -0.25) is 0 Å². The molecule has 1 aliphatic rings. The molecule has 1 aromatic heterocycles. The molecule has 0 spiro atoms. The minimum absolute atomic E-state index is 0.379. The fraction of sp³-hybridized carbons (Fsp3) is 0.375. The second-order valence-electron chi connectivity index (χ2n) is 7.85. The first-order valence-electron chi connectivity index (χ1n) is 11.0. The van der Waals surface area contributed by atoms with Gasteiger partial charge in [0.05, 0.1) is 16.3 Å². The number of thiazole rings is 1. The van der Waals surface area contributed by atoms with Crippen LogP contribution in [0.15, 0.2) is 69.9 Å². The van der Waals surface area contributed by atoms with E-state index >= 15 is 0 Å². The number of sulfonamides is 1. The van der Waals surface area contributed by atoms with Crippen LogP contribution in [0.2, 0.25) is 0 Å². The van der Waals surface area contributed by atoms with Gasteiger partial charge >= 0.3 is 0 Å². The highest BCUT2D eigenvalue weighted by Crippen LogP contribution is 2.25. The molecule has 0 atom stereocenters. The van der Waals surface area contributed by atoms with E-state index in [-0.39, 0.29) is 0 Å². The molecule has 3 aromatic rings. The lowest BCUT2D eigenvalue weighted by Gasteiger charge is -2.20. The maximum Gasteiger partial charge on any atom is 0.243 e. The maximum absolute atomic E-state index is 13.1. The van der Waals surface area contributed by atoms with Crippen LogP contribution in [0.3, 0.4) is 0 Å². The standard InChI is InChI=1S/C24H29N3O2S2/c1-2-16-27-23(19-30-24(27)25-21-10-6-5-7-11-21)20-12-14-22(15-13-20)31(28,29)26-17-8-3-4-9-18-26/h5-7,10-15,19H,2-4,8-9,16-18H2,1H3. The van der Waals surface area contributed by atoms with Gasteiger partial charge in [0, 0.05) is 25.0 Å². The minimum Gasteiger partial charge on any atom is -0.316 e. The molecule has 0 radical (unpaired) electrons. The molecule has 0 amide bonds. The summed E-state index contributed by atoms with van der Waals surface area (Å²) in [5.41, 5.74) is 3.01. The molecule has 1 saturated heterocycles. The van der Waals surface area contributed by atoms with Crippen molar-refractivity contribution in [1.82, 2.24) is 8.87 Å². The Bertz CT molecular complexity index is 1160. The van der Waals surface area contributed by atoms with E-state index in [0.717, 1.165) is 60.4 Å². The number of rotatable bonds is 6. The van der Waals surface area contributed by atoms with Crippen LogP contribution in [-0.2, 0) is 16.6 Å². The molecule has 2 aromatic carbocycles. The molecular weight excluding hydrogens is 426 g/mol. The van der Waals surface area contributed by atoms with Gasteiger partial charge in [0.15, 0.2) is 4.80 Å². The first-order chi connectivity index (χ1) is 15.1. The zero-order chi connectivity index (χ0) is 21.7. The van der Waals surface area contributed by atoms with Crippen molar-refractivity contribution in [1.29, 1.82) is 0 Å². The summed E-state index contributed by atoms with van der Waals surface area (Å²) in [4.78, 5) is 6.14. The third-order valence-corrected chi connectivity index (χ3v) is 8.36. The van der Waals surface area contributed by atoms with E-state index in [4.69, 9.17) is 4.99 Å². The first kappa shape index (κ1) is 22.0. The van der Waals surface area contributed by atoms with E-state index in [9.17, 15) is 8.42 Å². The Labute approximate surface area is 188 Å². The highest BCUT2D eigenvalue weighted by Gasteiger charge is 2.25. The third-order valence-electron chi connectivity index (χ3n) is 5.58. The summed E-state index contributed by atoms with van der Waals surface area (Å²) in [5, 5.41) is 2.11. The number of hydrogen-bond acceptors (Lipinski definition) is 4. The summed E-state index contributed by atoms with van der Waals surface area (Å²) < 4.78 is 30.0. The van der Waals surface area contributed by atoms with Crippen LogP contribution in [0.25, 0.3) is 11.3 Å². The average Bonchev–Trinajstić information content (AvgIpc) is 2.99. The monoisotopic (exact) mass is 455 g/mol. The van der Waals surface area contributed by atoms with Crippen molar-refractivity contribution in [3.05, 3.63) is 64.8 Å². The molecule has 4 rings (SSSR count). The zero-order valence-corrected chi connectivity index (χ0v) is 19.5. The van der Waals surface area contributed by atoms with Gasteiger partial charge in [-0.2, -0.15) is 4.31 Å². The van der Waals surface area contributed by atoms with Crippen LogP contribution >= 0.6 is 11.3 Å². The van der Waals surface area contributed by atoms with Crippen molar-refractivity contribution >= 4 is 27.0 Å². The topological polar surface area (TPSA) is 54.7 Å². The molecule has 164 valence electrons. The van der Waals surface area contributed by atoms with E-state index in [1.54, 1.807) is 27.8 Å². The van der Waals surface area contributed by atoms with Gasteiger partial charge in [-0.25, -0.2) is 13.4 Å². The Morgan fingerprint density at radius 2 is 1.61 bits per heavy atom. The van der Waals surface area contributed by atoms with Gasteiger partial charge in [0.25, 0.3) is 0 Å². The van der Waals surface area contributed by atoms with Crippen molar-refractivity contribution < 1.29 is 8.42 Å². The summed E-state index contributed by atoms with van der Waals surface area (Å²) in [6.45, 7) is 4.25. The van der Waals surface area contributed by atoms with Gasteiger partial charge in [-0.05, 0) is 49.1 Å². The Morgan fingerprint density at radius 1 is 0.935 bits per heavy atom. The van der Waals surface area contributed by atoms with Gasteiger partial charge in [-0.15, -0.1) is 11.3 Å². The molecule has 31 heavy (non-hydrogen) atoms. The van der Waals surface area contributed by atoms with Crippen molar-refractivity contribution in [3.8, 4) is 11.3 Å². The molecule has 5 nitrogen and oxygen atoms in total. The minimum atomic E-state index is -3.43. The lowest BCUT2D eigenvalue weighted by Crippen LogP contribution is -2.31. The quantitative estimate of drug-likeness (QED) is 0.498. The van der Waals surface area contributed by atoms with E-state index in [2.05, 4.69) is 16.9 Å². The normalized spacial score (nSPS) is 16.4. The highest BCUT2D eigenvalue weighted by atomic mass is 32.2. The molecule has 0 saturated carbocycles. The smallest absolute Gasteiger partial charge is 0.243 e. The Hall–Kier alpha value is -2.22. The summed E-state index contributed by atoms with van der Waals surface area (Å²) >= 11 is 1.61. The number of nitrogens with zero attached hydrogens (tertiary/aromatic N) is 3. The predicted molar refractivity (Wildman–Crippen MR) is 127 cm³/mol. The van der Waals surface area contributed by atoms with E-state index in [0.29, 0.717) is 18.0 Å². The lowest BCUT2D eigenvalue weighted by atomic mass is 10.2. The fourth-order valence-electron chi connectivity index (χ4n) is 3.93. The molecule has 1 aliphatic heterocycles. The molecule has 0 N–H and O–H groups in total. The van der Waals surface area contributed by atoms with Gasteiger partial charge in [0.2, 0.25) is 10.0 Å². The van der Waals surface area contributed by atoms with Gasteiger partial charge in [-0.1, -0.05) is 50.1 Å². The number of aromatic nitrogens is 1. The SMILES string of the molecule is CCCn1c(-c2ccc(S(=O)(=O)N3CCCCCC3)cc2)csc1=Nc1ccccc1. The van der Waals surface area contributed by atoms with Crippen molar-refractivity contribution in [2.75, 3.05) is 13.1 Å². The van der Waals surface area contributed by atoms with Crippen LogP contribution in [0, 0.1) is 0 Å². The molecule has 7 heteroatoms. The molecule has 1 fully saturated rings. The van der Waals surface area contributed by atoms with Crippen LogP contribution in [0.1, 0.15) is 39.0 Å². The second kappa shape index (κ2) is 9.94. The van der Waals surface area contributed by atoms with E-state index in [1.165, 1.54) is 0 Å². The van der Waals surface area contributed by atoms with E-state index < -0.39 is 10.0 Å². The number of hydrogen-bond donors (Lipinski definition) is 0. The predicted octanol–water partition coefficient (Wildman–Crippen LogP) is 5.42. The Kier molecular flexibility index (Phi) is 7.05. The largest absolute Gasteiger partial charge is 0.316 e. The molecule has 0 bridgehead atoms. The third kappa shape index (κ3) is 5.00. The van der Waals surface area contributed by atoms with Crippen LogP contribution in [-0.4, -0.2) is 30.4 Å². The summed E-state index contributed by atoms with van der Waals surface area (Å²) in [6.07, 6.45) is 5.09. The average molecular weight is 456 g/mol. The fourth-order valence-corrected chi connectivity index (χ4v) is 6.40. The van der Waals surface area contributed by atoms with E-state index in [1.807, 2.05) is 42.5 Å². The zero-order valence-electron chi connectivity index (χ0n) is 17.9. The van der Waals surface area contributed by atoms with Crippen LogP contribution in [0.5, 0.6) is 0 Å². The van der Waals surface area contributed by atoms with Crippen LogP contribution in [0.4, 0.5) is 5.69 Å². The molecule has 0 unspecified atom stereocenters. The second-order valence-corrected chi connectivity index (χ2v) is 10.6. The number of para-hydroxylation sites is 1. The van der Waals surface area contributed by atoms with Crippen molar-refractivity contribution in [2.45, 2.75) is 50.5 Å². The van der Waals surface area contributed by atoms with Gasteiger partial charge in [0.1, 0.15) is 0 Å². The van der Waals surface area contributed by atoms with Crippen LogP contribution < -0.4 is 4.80 Å². The summed E-state index contributed by atoms with van der Waals surface area (Å²) in [7, 11) is -3.43. The van der Waals surface area contributed by atoms with Crippen molar-refractivity contribution in [3.63, 3.8) is 0 Å². The molecular formula is C24H29N3O2S2. The number of benzene rings is 2. The Balaban J connectivity index is 1.65. The van der Waals surface area contributed by atoms with Crippen molar-refractivity contribution in [2.24, 2.45) is 4.99 Å². The summed E-state index contributed by atoms with van der Waals surface area (Å²) in [5.74, 6) is 0.